The molecule has 0 aliphatic carbocycles. The molecule has 2 atom stereocenters. The number of esters is 1. The van der Waals surface area contributed by atoms with Gasteiger partial charge in [0.05, 0.1) is 5.56 Å². The van der Waals surface area contributed by atoms with Gasteiger partial charge in [0.1, 0.15) is 0 Å². The van der Waals surface area contributed by atoms with Crippen LogP contribution in [0.1, 0.15) is 12.5 Å². The molecule has 0 bridgehead atoms. The molecule has 0 saturated heterocycles. The molecule has 0 spiro atoms. The highest BCUT2D eigenvalue weighted by Gasteiger charge is 2.34. The highest BCUT2D eigenvalue weighted by molar-refractivity contribution is 8.16. The summed E-state index contributed by atoms with van der Waals surface area (Å²) in [5, 5.41) is 28.2. The number of rotatable bonds is 3. The second kappa shape index (κ2) is 4.97. The minimum Gasteiger partial charge on any atom is -0.492 e. The van der Waals surface area contributed by atoms with Crippen molar-refractivity contribution in [1.29, 1.82) is 0 Å². The van der Waals surface area contributed by atoms with Crippen molar-refractivity contribution in [2.24, 2.45) is 4.40 Å². The van der Waals surface area contributed by atoms with Gasteiger partial charge in [-0.25, -0.2) is 0 Å². The van der Waals surface area contributed by atoms with E-state index < -0.39 is 28.8 Å². The average Bonchev–Trinajstić information content (AvgIpc) is 2.64. The zero-order valence-electron chi connectivity index (χ0n) is 9.52. The molecular weight excluding hydrogens is 258 g/mol. The van der Waals surface area contributed by atoms with E-state index in [4.69, 9.17) is 4.74 Å². The zero-order chi connectivity index (χ0) is 13.3. The Labute approximate surface area is 106 Å². The van der Waals surface area contributed by atoms with Crippen molar-refractivity contribution in [3.8, 4) is 0 Å². The van der Waals surface area contributed by atoms with E-state index >= 15 is 0 Å². The molecule has 1 aliphatic heterocycles. The van der Waals surface area contributed by atoms with Crippen molar-refractivity contribution in [2.45, 2.75) is 23.5 Å². The zero-order valence-corrected chi connectivity index (χ0v) is 10.4. The summed E-state index contributed by atoms with van der Waals surface area (Å²) >= 11 is -1.54. The summed E-state index contributed by atoms with van der Waals surface area (Å²) in [7, 11) is 0. The number of fused-ring (bicyclic) bond motifs is 1. The van der Waals surface area contributed by atoms with Crippen LogP contribution in [0.5, 0.6) is 0 Å². The molecule has 1 aromatic rings. The Bertz CT molecular complexity index is 502. The maximum absolute atomic E-state index is 11.0. The third kappa shape index (κ3) is 2.33. The van der Waals surface area contributed by atoms with E-state index in [1.807, 2.05) is 0 Å². The van der Waals surface area contributed by atoms with Gasteiger partial charge in [-0.05, 0) is 12.1 Å². The smallest absolute Gasteiger partial charge is 0.303 e. The van der Waals surface area contributed by atoms with Crippen molar-refractivity contribution in [1.82, 2.24) is 0 Å². The summed E-state index contributed by atoms with van der Waals surface area (Å²) in [5.41, 5.74) is -0.648. The summed E-state index contributed by atoms with van der Waals surface area (Å²) in [6, 6.07) is 6.87. The van der Waals surface area contributed by atoms with Gasteiger partial charge in [-0.3, -0.25) is 4.79 Å². The second-order valence-electron chi connectivity index (χ2n) is 3.70. The van der Waals surface area contributed by atoms with Crippen LogP contribution in [-0.4, -0.2) is 38.9 Å². The molecule has 0 saturated carbocycles. The van der Waals surface area contributed by atoms with Crippen molar-refractivity contribution in [3.63, 3.8) is 0 Å². The van der Waals surface area contributed by atoms with Crippen LogP contribution in [0.4, 0.5) is 0 Å². The van der Waals surface area contributed by atoms with Gasteiger partial charge in [0, 0.05) is 11.8 Å². The second-order valence-corrected chi connectivity index (χ2v) is 5.58. The van der Waals surface area contributed by atoms with E-state index in [1.54, 1.807) is 24.3 Å². The summed E-state index contributed by atoms with van der Waals surface area (Å²) in [6.45, 7) is 1.18. The van der Waals surface area contributed by atoms with E-state index in [0.717, 1.165) is 0 Å². The largest absolute Gasteiger partial charge is 0.492 e. The number of carbonyl (C=O) groups excluding carboxylic acids is 1. The fourth-order valence-corrected chi connectivity index (χ4v) is 3.64. The lowest BCUT2D eigenvalue weighted by Gasteiger charge is -2.26. The van der Waals surface area contributed by atoms with Gasteiger partial charge < -0.3 is 20.1 Å². The topological polar surface area (TPSA) is 99.4 Å². The number of benzene rings is 1. The predicted octanol–water partition coefficient (Wildman–Crippen LogP) is 0.480. The molecule has 7 heteroatoms. The van der Waals surface area contributed by atoms with Crippen LogP contribution < -0.4 is 0 Å². The van der Waals surface area contributed by atoms with Crippen molar-refractivity contribution >= 4 is 22.9 Å². The van der Waals surface area contributed by atoms with Crippen LogP contribution in [0.25, 0.3) is 0 Å². The minimum absolute atomic E-state index is 0.172. The van der Waals surface area contributed by atoms with E-state index in [-0.39, 0.29) is 5.90 Å². The first-order chi connectivity index (χ1) is 8.50. The number of thiol groups is 1. The molecule has 0 aromatic heterocycles. The molecular formula is C11H13NO5S. The molecule has 2 rings (SSSR count). The SMILES string of the molecule is CC(=O)OC(C(O)O)[SH]1N=C(O)c2ccccc21. The fourth-order valence-electron chi connectivity index (χ4n) is 1.67. The summed E-state index contributed by atoms with van der Waals surface area (Å²) in [6.07, 6.45) is -1.84. The van der Waals surface area contributed by atoms with Crippen LogP contribution in [0, 0.1) is 0 Å². The first-order valence-electron chi connectivity index (χ1n) is 5.20. The molecule has 6 nitrogen and oxygen atoms in total. The predicted molar refractivity (Wildman–Crippen MR) is 66.6 cm³/mol. The van der Waals surface area contributed by atoms with Gasteiger partial charge in [0.15, 0.2) is 6.29 Å². The van der Waals surface area contributed by atoms with Gasteiger partial charge >= 0.3 is 5.97 Å². The number of nitrogens with zero attached hydrogens (tertiary/aromatic N) is 1. The Morgan fingerprint density at radius 2 is 2.06 bits per heavy atom. The van der Waals surface area contributed by atoms with Crippen molar-refractivity contribution in [2.75, 3.05) is 0 Å². The van der Waals surface area contributed by atoms with E-state index in [1.165, 1.54) is 6.92 Å². The number of hydrogen-bond donors (Lipinski definition) is 4. The van der Waals surface area contributed by atoms with Crippen molar-refractivity contribution < 1.29 is 24.9 Å². The molecule has 1 heterocycles. The maximum atomic E-state index is 11.0. The molecule has 0 fully saturated rings. The lowest BCUT2D eigenvalue weighted by molar-refractivity contribution is -0.159. The maximum Gasteiger partial charge on any atom is 0.303 e. The monoisotopic (exact) mass is 271 g/mol. The standard InChI is InChI=1S/C11H13NO5S/c1-6(13)17-11(10(15)16)18-8-5-3-2-4-7(8)9(14)12-18/h2-5,10-11,15-16,18H,1H3,(H,12,14). The normalized spacial score (nSPS) is 21.3. The van der Waals surface area contributed by atoms with Crippen LogP contribution >= 0.6 is 11.1 Å². The minimum atomic E-state index is -1.84. The van der Waals surface area contributed by atoms with Crippen LogP contribution in [0.2, 0.25) is 0 Å². The van der Waals surface area contributed by atoms with E-state index in [9.17, 15) is 20.1 Å². The van der Waals surface area contributed by atoms with Gasteiger partial charge in [-0.1, -0.05) is 23.2 Å². The average molecular weight is 271 g/mol. The van der Waals surface area contributed by atoms with Gasteiger partial charge in [-0.15, -0.1) is 0 Å². The Kier molecular flexibility index (Phi) is 3.55. The Morgan fingerprint density at radius 1 is 1.39 bits per heavy atom. The van der Waals surface area contributed by atoms with E-state index in [0.29, 0.717) is 10.5 Å². The quantitative estimate of drug-likeness (QED) is 0.364. The molecule has 1 aromatic carbocycles. The first kappa shape index (κ1) is 12.9. The summed E-state index contributed by atoms with van der Waals surface area (Å²) in [5.74, 6) is -0.802. The highest BCUT2D eigenvalue weighted by Crippen LogP contribution is 2.49. The number of aliphatic hydroxyl groups is 3. The first-order valence-corrected chi connectivity index (χ1v) is 6.56. The number of aliphatic hydroxyl groups excluding tert-OH is 2. The van der Waals surface area contributed by atoms with Crippen molar-refractivity contribution in [3.05, 3.63) is 29.8 Å². The molecule has 0 amide bonds. The molecule has 3 N–H and O–H groups in total. The molecule has 0 radical (unpaired) electrons. The molecule has 18 heavy (non-hydrogen) atoms. The van der Waals surface area contributed by atoms with Gasteiger partial charge in [0.2, 0.25) is 11.3 Å². The van der Waals surface area contributed by atoms with Crippen LogP contribution in [0.3, 0.4) is 0 Å². The number of ether oxygens (including phenoxy) is 1. The number of hydrogen-bond acceptors (Lipinski definition) is 5. The highest BCUT2D eigenvalue weighted by atomic mass is 32.2. The van der Waals surface area contributed by atoms with Crippen LogP contribution in [0.15, 0.2) is 33.6 Å². The fraction of sp³-hybridized carbons (Fsp3) is 0.273. The Balaban J connectivity index is 2.36. The molecule has 1 aliphatic rings. The van der Waals surface area contributed by atoms with Crippen LogP contribution in [-0.2, 0) is 9.53 Å². The Morgan fingerprint density at radius 3 is 2.67 bits per heavy atom. The van der Waals surface area contributed by atoms with Gasteiger partial charge in [-0.2, -0.15) is 4.40 Å². The lowest BCUT2D eigenvalue weighted by atomic mass is 10.2. The third-order valence-corrected chi connectivity index (χ3v) is 4.52. The molecule has 2 unspecified atom stereocenters. The summed E-state index contributed by atoms with van der Waals surface area (Å²) < 4.78 is 8.84. The molecule has 98 valence electrons. The number of carbonyl (C=O) groups is 1. The van der Waals surface area contributed by atoms with E-state index in [2.05, 4.69) is 4.40 Å². The van der Waals surface area contributed by atoms with Gasteiger partial charge in [0.25, 0.3) is 0 Å². The Hall–Kier alpha value is -1.57. The summed E-state index contributed by atoms with van der Waals surface area (Å²) in [4.78, 5) is 11.6. The third-order valence-electron chi connectivity index (χ3n) is 2.38. The lowest BCUT2D eigenvalue weighted by Crippen LogP contribution is -2.29.